The van der Waals surface area contributed by atoms with Crippen LogP contribution in [0.4, 0.5) is 5.82 Å². The van der Waals surface area contributed by atoms with Crippen molar-refractivity contribution in [2.75, 3.05) is 12.4 Å². The SMILES string of the molecule is CNc1ncc(Br)cc1C(=O)NCc1ccco1. The molecule has 0 bridgehead atoms. The first-order valence-corrected chi connectivity index (χ1v) is 6.14. The van der Waals surface area contributed by atoms with Crippen LogP contribution in [0.2, 0.25) is 0 Å². The Labute approximate surface area is 113 Å². The summed E-state index contributed by atoms with van der Waals surface area (Å²) in [6.45, 7) is 0.349. The van der Waals surface area contributed by atoms with Gasteiger partial charge in [-0.15, -0.1) is 0 Å². The van der Waals surface area contributed by atoms with Crippen LogP contribution in [-0.2, 0) is 6.54 Å². The molecule has 6 heteroatoms. The van der Waals surface area contributed by atoms with E-state index < -0.39 is 0 Å². The van der Waals surface area contributed by atoms with Crippen LogP contribution in [0.25, 0.3) is 0 Å². The topological polar surface area (TPSA) is 67.2 Å². The number of aromatic nitrogens is 1. The largest absolute Gasteiger partial charge is 0.467 e. The smallest absolute Gasteiger partial charge is 0.255 e. The third-order valence-electron chi connectivity index (χ3n) is 2.34. The van der Waals surface area contributed by atoms with E-state index in [1.165, 1.54) is 0 Å². The number of nitrogens with one attached hydrogen (secondary N) is 2. The van der Waals surface area contributed by atoms with Crippen LogP contribution in [-0.4, -0.2) is 17.9 Å². The van der Waals surface area contributed by atoms with Crippen LogP contribution in [0.5, 0.6) is 0 Å². The number of hydrogen-bond acceptors (Lipinski definition) is 4. The van der Waals surface area contributed by atoms with Crippen molar-refractivity contribution >= 4 is 27.7 Å². The van der Waals surface area contributed by atoms with Gasteiger partial charge in [0.1, 0.15) is 11.6 Å². The molecule has 0 aliphatic carbocycles. The first kappa shape index (κ1) is 12.6. The predicted octanol–water partition coefficient (Wildman–Crippen LogP) is 2.41. The highest BCUT2D eigenvalue weighted by molar-refractivity contribution is 9.10. The Morgan fingerprint density at radius 2 is 2.39 bits per heavy atom. The lowest BCUT2D eigenvalue weighted by Gasteiger charge is -2.08. The number of halogens is 1. The van der Waals surface area contributed by atoms with E-state index in [0.717, 1.165) is 4.47 Å². The molecule has 94 valence electrons. The molecule has 2 N–H and O–H groups in total. The fraction of sp³-hybridized carbons (Fsp3) is 0.167. The minimum Gasteiger partial charge on any atom is -0.467 e. The molecule has 5 nitrogen and oxygen atoms in total. The molecular weight excluding hydrogens is 298 g/mol. The first-order chi connectivity index (χ1) is 8.70. The maximum absolute atomic E-state index is 12.0. The van der Waals surface area contributed by atoms with Gasteiger partial charge in [-0.25, -0.2) is 4.98 Å². The van der Waals surface area contributed by atoms with Crippen LogP contribution in [0.1, 0.15) is 16.1 Å². The second kappa shape index (κ2) is 5.68. The highest BCUT2D eigenvalue weighted by atomic mass is 79.9. The maximum atomic E-state index is 12.0. The summed E-state index contributed by atoms with van der Waals surface area (Å²) in [6, 6.07) is 5.30. The molecule has 0 unspecified atom stereocenters. The van der Waals surface area contributed by atoms with Crippen molar-refractivity contribution in [3.05, 3.63) is 46.5 Å². The fourth-order valence-electron chi connectivity index (χ4n) is 1.49. The Hall–Kier alpha value is -1.82. The first-order valence-electron chi connectivity index (χ1n) is 5.34. The molecule has 0 aliphatic heterocycles. The van der Waals surface area contributed by atoms with E-state index in [1.807, 2.05) is 0 Å². The van der Waals surface area contributed by atoms with E-state index in [-0.39, 0.29) is 5.91 Å². The van der Waals surface area contributed by atoms with E-state index in [0.29, 0.717) is 23.7 Å². The number of hydrogen-bond donors (Lipinski definition) is 2. The van der Waals surface area contributed by atoms with Crippen LogP contribution >= 0.6 is 15.9 Å². The molecule has 0 aliphatic rings. The molecule has 2 rings (SSSR count). The third kappa shape index (κ3) is 2.89. The number of rotatable bonds is 4. The molecule has 2 aromatic heterocycles. The Morgan fingerprint density at radius 3 is 3.06 bits per heavy atom. The third-order valence-corrected chi connectivity index (χ3v) is 2.77. The van der Waals surface area contributed by atoms with Crippen LogP contribution in [0.3, 0.4) is 0 Å². The number of amides is 1. The monoisotopic (exact) mass is 309 g/mol. The minimum atomic E-state index is -0.204. The van der Waals surface area contributed by atoms with Crippen LogP contribution in [0, 0.1) is 0 Å². The molecule has 0 saturated heterocycles. The molecule has 1 amide bonds. The highest BCUT2D eigenvalue weighted by Gasteiger charge is 2.12. The molecule has 0 saturated carbocycles. The second-order valence-corrected chi connectivity index (χ2v) is 4.48. The molecule has 0 fully saturated rings. The van der Waals surface area contributed by atoms with Gasteiger partial charge in [-0.1, -0.05) is 0 Å². The zero-order valence-corrected chi connectivity index (χ0v) is 11.3. The summed E-state index contributed by atoms with van der Waals surface area (Å²) in [4.78, 5) is 16.1. The molecule has 2 heterocycles. The van der Waals surface area contributed by atoms with Crippen molar-refractivity contribution < 1.29 is 9.21 Å². The van der Waals surface area contributed by atoms with Crippen molar-refractivity contribution in [2.45, 2.75) is 6.54 Å². The number of anilines is 1. The van der Waals surface area contributed by atoms with Gasteiger partial charge < -0.3 is 15.1 Å². The van der Waals surface area contributed by atoms with Gasteiger partial charge in [0, 0.05) is 17.7 Å². The highest BCUT2D eigenvalue weighted by Crippen LogP contribution is 2.17. The second-order valence-electron chi connectivity index (χ2n) is 3.56. The summed E-state index contributed by atoms with van der Waals surface area (Å²) in [5, 5.41) is 5.65. The van der Waals surface area contributed by atoms with E-state index in [2.05, 4.69) is 31.5 Å². The number of pyridine rings is 1. The average molecular weight is 310 g/mol. The normalized spacial score (nSPS) is 10.1. The van der Waals surface area contributed by atoms with Gasteiger partial charge in [0.05, 0.1) is 18.4 Å². The van der Waals surface area contributed by atoms with Crippen molar-refractivity contribution in [2.24, 2.45) is 0 Å². The van der Waals surface area contributed by atoms with Crippen molar-refractivity contribution in [3.63, 3.8) is 0 Å². The van der Waals surface area contributed by atoms with Crippen molar-refractivity contribution in [1.29, 1.82) is 0 Å². The summed E-state index contributed by atoms with van der Waals surface area (Å²) >= 11 is 3.29. The quantitative estimate of drug-likeness (QED) is 0.910. The lowest BCUT2D eigenvalue weighted by atomic mass is 10.2. The number of carbonyl (C=O) groups excluding carboxylic acids is 1. The Balaban J connectivity index is 2.10. The fourth-order valence-corrected chi connectivity index (χ4v) is 1.82. The zero-order valence-electron chi connectivity index (χ0n) is 9.74. The van der Waals surface area contributed by atoms with Gasteiger partial charge in [0.2, 0.25) is 0 Å². The van der Waals surface area contributed by atoms with E-state index in [9.17, 15) is 4.79 Å². The maximum Gasteiger partial charge on any atom is 0.255 e. The van der Waals surface area contributed by atoms with Crippen LogP contribution < -0.4 is 10.6 Å². The molecular formula is C12H12BrN3O2. The number of furan rings is 1. The molecule has 18 heavy (non-hydrogen) atoms. The summed E-state index contributed by atoms with van der Waals surface area (Å²) < 4.78 is 5.90. The lowest BCUT2D eigenvalue weighted by molar-refractivity contribution is 0.0948. The van der Waals surface area contributed by atoms with E-state index in [1.54, 1.807) is 37.7 Å². The minimum absolute atomic E-state index is 0.204. The summed E-state index contributed by atoms with van der Waals surface area (Å²) in [5.74, 6) is 1.04. The Bertz CT molecular complexity index is 540. The van der Waals surface area contributed by atoms with Gasteiger partial charge in [-0.3, -0.25) is 4.79 Å². The van der Waals surface area contributed by atoms with Gasteiger partial charge in [-0.2, -0.15) is 0 Å². The Morgan fingerprint density at radius 1 is 1.56 bits per heavy atom. The number of nitrogens with zero attached hydrogens (tertiary/aromatic N) is 1. The lowest BCUT2D eigenvalue weighted by Crippen LogP contribution is -2.23. The van der Waals surface area contributed by atoms with Gasteiger partial charge in [0.25, 0.3) is 5.91 Å². The predicted molar refractivity (Wildman–Crippen MR) is 71.4 cm³/mol. The zero-order chi connectivity index (χ0) is 13.0. The molecule has 2 aromatic rings. The standard InChI is InChI=1S/C12H12BrN3O2/c1-14-11-10(5-8(13)6-15-11)12(17)16-7-9-3-2-4-18-9/h2-6H,7H2,1H3,(H,14,15)(H,16,17). The molecule has 0 atom stereocenters. The summed E-state index contributed by atoms with van der Waals surface area (Å²) in [7, 11) is 1.72. The molecule has 0 aromatic carbocycles. The summed E-state index contributed by atoms with van der Waals surface area (Å²) in [5.41, 5.74) is 0.485. The van der Waals surface area contributed by atoms with Crippen molar-refractivity contribution in [1.82, 2.24) is 10.3 Å². The average Bonchev–Trinajstić information content (AvgIpc) is 2.89. The Kier molecular flexibility index (Phi) is 3.99. The van der Waals surface area contributed by atoms with Crippen molar-refractivity contribution in [3.8, 4) is 0 Å². The van der Waals surface area contributed by atoms with Crippen LogP contribution in [0.15, 0.2) is 39.5 Å². The van der Waals surface area contributed by atoms with Gasteiger partial charge in [-0.05, 0) is 34.1 Å². The van der Waals surface area contributed by atoms with E-state index >= 15 is 0 Å². The van der Waals surface area contributed by atoms with Gasteiger partial charge in [0.15, 0.2) is 0 Å². The molecule has 0 spiro atoms. The molecule has 0 radical (unpaired) electrons. The summed E-state index contributed by atoms with van der Waals surface area (Å²) in [6.07, 6.45) is 3.20. The number of carbonyl (C=O) groups is 1. The van der Waals surface area contributed by atoms with Gasteiger partial charge >= 0.3 is 0 Å². The van der Waals surface area contributed by atoms with E-state index in [4.69, 9.17) is 4.42 Å².